The summed E-state index contributed by atoms with van der Waals surface area (Å²) in [5.41, 5.74) is -0.214. The monoisotopic (exact) mass is 304 g/mol. The molecule has 0 aliphatic heterocycles. The molecule has 0 aromatic heterocycles. The minimum Gasteiger partial charge on any atom is -0.207 e. The van der Waals surface area contributed by atoms with Crippen molar-refractivity contribution >= 4 is 10.2 Å². The number of hydrogen-bond acceptors (Lipinski definition) is 2. The van der Waals surface area contributed by atoms with Crippen LogP contribution < -0.4 is 4.72 Å². The predicted molar refractivity (Wildman–Crippen MR) is 72.4 cm³/mol. The second-order valence-electron chi connectivity index (χ2n) is 5.49. The minimum atomic E-state index is -3.56. The van der Waals surface area contributed by atoms with Crippen LogP contribution in [0.4, 0.5) is 8.78 Å². The Balaban J connectivity index is 2.24. The second-order valence-corrected chi connectivity index (χ2v) is 7.46. The Morgan fingerprint density at radius 1 is 1.40 bits per heavy atom. The highest BCUT2D eigenvalue weighted by atomic mass is 32.2. The number of halogens is 2. The zero-order valence-corrected chi connectivity index (χ0v) is 12.5. The van der Waals surface area contributed by atoms with Gasteiger partial charge in [-0.25, -0.2) is 13.5 Å². The smallest absolute Gasteiger partial charge is 0.207 e. The molecule has 20 heavy (non-hydrogen) atoms. The Morgan fingerprint density at radius 3 is 2.45 bits per heavy atom. The third-order valence-corrected chi connectivity index (χ3v) is 5.44. The maximum absolute atomic E-state index is 13.9. The highest BCUT2D eigenvalue weighted by Crippen LogP contribution is 2.54. The van der Waals surface area contributed by atoms with Gasteiger partial charge in [-0.2, -0.15) is 12.7 Å². The third kappa shape index (κ3) is 2.70. The van der Waals surface area contributed by atoms with E-state index in [-0.39, 0.29) is 12.5 Å². The Kier molecular flexibility index (Phi) is 3.88. The topological polar surface area (TPSA) is 49.4 Å². The van der Waals surface area contributed by atoms with E-state index in [4.69, 9.17) is 0 Å². The molecule has 0 heterocycles. The lowest BCUT2D eigenvalue weighted by molar-refractivity contribution is 0.485. The predicted octanol–water partition coefficient (Wildman–Crippen LogP) is 1.64. The molecule has 1 saturated carbocycles. The molecule has 0 amide bonds. The van der Waals surface area contributed by atoms with Crippen molar-refractivity contribution < 1.29 is 17.2 Å². The van der Waals surface area contributed by atoms with E-state index in [0.29, 0.717) is 12.0 Å². The van der Waals surface area contributed by atoms with Crippen LogP contribution in [0.1, 0.15) is 18.9 Å². The first kappa shape index (κ1) is 15.3. The van der Waals surface area contributed by atoms with Crippen LogP contribution in [-0.2, 0) is 15.6 Å². The molecular weight excluding hydrogens is 286 g/mol. The van der Waals surface area contributed by atoms with Crippen LogP contribution in [-0.4, -0.2) is 33.4 Å². The lowest BCUT2D eigenvalue weighted by Gasteiger charge is -2.20. The van der Waals surface area contributed by atoms with Crippen molar-refractivity contribution in [2.24, 2.45) is 5.92 Å². The Labute approximate surface area is 118 Å². The van der Waals surface area contributed by atoms with E-state index < -0.39 is 27.3 Å². The fourth-order valence-corrected chi connectivity index (χ4v) is 3.14. The van der Waals surface area contributed by atoms with Crippen molar-refractivity contribution in [2.75, 3.05) is 20.6 Å². The van der Waals surface area contributed by atoms with Gasteiger partial charge >= 0.3 is 0 Å². The Morgan fingerprint density at radius 2 is 2.00 bits per heavy atom. The Hall–Kier alpha value is -1.05. The normalized spacial score (nSPS) is 26.0. The largest absolute Gasteiger partial charge is 0.278 e. The van der Waals surface area contributed by atoms with Crippen molar-refractivity contribution in [3.63, 3.8) is 0 Å². The molecule has 0 saturated heterocycles. The van der Waals surface area contributed by atoms with Gasteiger partial charge in [-0.1, -0.05) is 13.0 Å². The molecule has 1 N–H and O–H groups in total. The Bertz CT molecular complexity index is 619. The third-order valence-electron chi connectivity index (χ3n) is 3.97. The summed E-state index contributed by atoms with van der Waals surface area (Å²) in [7, 11) is -0.716. The molecule has 0 radical (unpaired) electrons. The lowest BCUT2D eigenvalue weighted by atomic mass is 9.93. The molecule has 0 spiro atoms. The van der Waals surface area contributed by atoms with E-state index in [1.807, 2.05) is 6.92 Å². The second kappa shape index (κ2) is 5.05. The summed E-state index contributed by atoms with van der Waals surface area (Å²) in [5.74, 6) is -1.12. The average Bonchev–Trinajstić information content (AvgIpc) is 2.98. The van der Waals surface area contributed by atoms with Crippen molar-refractivity contribution in [2.45, 2.75) is 18.8 Å². The van der Waals surface area contributed by atoms with Crippen LogP contribution in [0.5, 0.6) is 0 Å². The first-order valence-electron chi connectivity index (χ1n) is 6.32. The van der Waals surface area contributed by atoms with Gasteiger partial charge in [-0.3, -0.25) is 0 Å². The average molecular weight is 304 g/mol. The summed E-state index contributed by atoms with van der Waals surface area (Å²) in [6.07, 6.45) is 0.672. The summed E-state index contributed by atoms with van der Waals surface area (Å²) in [5, 5.41) is 0. The van der Waals surface area contributed by atoms with Crippen molar-refractivity contribution in [1.82, 2.24) is 9.03 Å². The van der Waals surface area contributed by atoms with Gasteiger partial charge in [0.1, 0.15) is 11.6 Å². The summed E-state index contributed by atoms with van der Waals surface area (Å²) in [6.45, 7) is 2.03. The van der Waals surface area contributed by atoms with Gasteiger partial charge in [0.25, 0.3) is 10.2 Å². The van der Waals surface area contributed by atoms with E-state index in [1.54, 1.807) is 0 Å². The molecule has 0 bridgehead atoms. The van der Waals surface area contributed by atoms with Gasteiger partial charge in [0.05, 0.1) is 0 Å². The van der Waals surface area contributed by atoms with Crippen LogP contribution >= 0.6 is 0 Å². The van der Waals surface area contributed by atoms with Crippen LogP contribution in [0.2, 0.25) is 0 Å². The first-order valence-corrected chi connectivity index (χ1v) is 7.76. The van der Waals surface area contributed by atoms with Gasteiger partial charge in [0.2, 0.25) is 0 Å². The van der Waals surface area contributed by atoms with E-state index in [9.17, 15) is 17.2 Å². The fourth-order valence-electron chi connectivity index (χ4n) is 2.45. The van der Waals surface area contributed by atoms with Gasteiger partial charge in [0.15, 0.2) is 0 Å². The number of benzene rings is 1. The molecule has 1 aromatic carbocycles. The van der Waals surface area contributed by atoms with E-state index in [1.165, 1.54) is 26.2 Å². The standard InChI is InChI=1S/C13H18F2N2O2S/c1-9-7-13(9,8-16-20(18,19)17(2)3)11-5-4-10(14)6-12(11)15/h4-6,9,16H,7-8H2,1-3H3. The number of hydrogen-bond donors (Lipinski definition) is 1. The fraction of sp³-hybridized carbons (Fsp3) is 0.538. The molecule has 2 unspecified atom stereocenters. The van der Waals surface area contributed by atoms with E-state index >= 15 is 0 Å². The van der Waals surface area contributed by atoms with Crippen molar-refractivity contribution in [3.8, 4) is 0 Å². The molecule has 7 heteroatoms. The molecule has 2 atom stereocenters. The molecule has 2 rings (SSSR count). The molecule has 4 nitrogen and oxygen atoms in total. The highest BCUT2D eigenvalue weighted by molar-refractivity contribution is 7.87. The van der Waals surface area contributed by atoms with Gasteiger partial charge in [-0.15, -0.1) is 0 Å². The SMILES string of the molecule is CC1CC1(CNS(=O)(=O)N(C)C)c1ccc(F)cc1F. The maximum Gasteiger partial charge on any atom is 0.278 e. The molecule has 112 valence electrons. The zero-order valence-electron chi connectivity index (χ0n) is 11.7. The van der Waals surface area contributed by atoms with Gasteiger partial charge in [0, 0.05) is 32.1 Å². The van der Waals surface area contributed by atoms with E-state index in [2.05, 4.69) is 4.72 Å². The summed E-state index contributed by atoms with van der Waals surface area (Å²) in [4.78, 5) is 0. The lowest BCUT2D eigenvalue weighted by Crippen LogP contribution is -2.40. The number of nitrogens with zero attached hydrogens (tertiary/aromatic N) is 1. The molecule has 1 aliphatic rings. The number of nitrogens with one attached hydrogen (secondary N) is 1. The van der Waals surface area contributed by atoms with Crippen LogP contribution in [0.15, 0.2) is 18.2 Å². The summed E-state index contributed by atoms with van der Waals surface area (Å²) >= 11 is 0. The first-order chi connectivity index (χ1) is 9.19. The maximum atomic E-state index is 13.9. The number of rotatable bonds is 5. The summed E-state index contributed by atoms with van der Waals surface area (Å²) in [6, 6.07) is 3.44. The van der Waals surface area contributed by atoms with Crippen LogP contribution in [0, 0.1) is 17.6 Å². The van der Waals surface area contributed by atoms with Gasteiger partial charge in [-0.05, 0) is 24.0 Å². The zero-order chi connectivity index (χ0) is 15.1. The molecule has 1 aliphatic carbocycles. The molecule has 1 fully saturated rings. The molecular formula is C13H18F2N2O2S. The minimum absolute atomic E-state index is 0.108. The van der Waals surface area contributed by atoms with Crippen LogP contribution in [0.3, 0.4) is 0 Å². The van der Waals surface area contributed by atoms with E-state index in [0.717, 1.165) is 10.4 Å². The van der Waals surface area contributed by atoms with Crippen LogP contribution in [0.25, 0.3) is 0 Å². The summed E-state index contributed by atoms with van der Waals surface area (Å²) < 4.78 is 53.9. The van der Waals surface area contributed by atoms with Crippen molar-refractivity contribution in [3.05, 3.63) is 35.4 Å². The molecule has 1 aromatic rings. The van der Waals surface area contributed by atoms with Crippen molar-refractivity contribution in [1.29, 1.82) is 0 Å². The highest BCUT2D eigenvalue weighted by Gasteiger charge is 2.53. The van der Waals surface area contributed by atoms with Gasteiger partial charge < -0.3 is 0 Å². The quantitative estimate of drug-likeness (QED) is 0.899.